The van der Waals surface area contributed by atoms with Crippen LogP contribution >= 0.6 is 11.6 Å². The Morgan fingerprint density at radius 3 is 3.17 bits per heavy atom. The van der Waals surface area contributed by atoms with E-state index < -0.39 is 6.09 Å². The fourth-order valence-corrected chi connectivity index (χ4v) is 2.01. The highest BCUT2D eigenvalue weighted by atomic mass is 35.5. The number of ether oxygens (including phenoxy) is 1. The van der Waals surface area contributed by atoms with E-state index in [2.05, 4.69) is 15.2 Å². The molecule has 98 valence electrons. The molecule has 2 heterocycles. The van der Waals surface area contributed by atoms with Gasteiger partial charge in [0.1, 0.15) is 5.82 Å². The van der Waals surface area contributed by atoms with E-state index >= 15 is 0 Å². The largest absolute Gasteiger partial charge is 0.465 e. The maximum atomic E-state index is 10.6. The van der Waals surface area contributed by atoms with E-state index in [1.807, 2.05) is 6.92 Å². The van der Waals surface area contributed by atoms with Crippen LogP contribution in [0.25, 0.3) is 0 Å². The number of pyridine rings is 1. The zero-order valence-corrected chi connectivity index (χ0v) is 10.6. The Labute approximate surface area is 110 Å². The van der Waals surface area contributed by atoms with Crippen LogP contribution < -0.4 is 10.2 Å². The van der Waals surface area contributed by atoms with Crippen molar-refractivity contribution in [2.24, 2.45) is 0 Å². The Hall–Kier alpha value is -1.53. The molecule has 1 amide bonds. The number of amides is 1. The molecule has 1 saturated heterocycles. The second-order valence-electron chi connectivity index (χ2n) is 4.07. The highest BCUT2D eigenvalue weighted by Gasteiger charge is 2.21. The average Bonchev–Trinajstić information content (AvgIpc) is 2.32. The molecule has 1 unspecified atom stereocenters. The summed E-state index contributed by atoms with van der Waals surface area (Å²) in [6.07, 6.45) is 0.300. The maximum Gasteiger partial charge on any atom is 0.409 e. The first-order chi connectivity index (χ1) is 8.58. The summed E-state index contributed by atoms with van der Waals surface area (Å²) in [5, 5.41) is 11.3. The smallest absolute Gasteiger partial charge is 0.409 e. The third-order valence-corrected chi connectivity index (χ3v) is 3.05. The van der Waals surface area contributed by atoms with Crippen molar-refractivity contribution < 1.29 is 14.6 Å². The Bertz CT molecular complexity index is 455. The molecule has 1 atom stereocenters. The van der Waals surface area contributed by atoms with Gasteiger partial charge in [-0.05, 0) is 6.92 Å². The maximum absolute atomic E-state index is 10.6. The van der Waals surface area contributed by atoms with Gasteiger partial charge in [0.05, 0.1) is 36.2 Å². The normalized spacial score (nSPS) is 19.7. The minimum absolute atomic E-state index is 0.199. The van der Waals surface area contributed by atoms with Gasteiger partial charge in [-0.25, -0.2) is 9.78 Å². The van der Waals surface area contributed by atoms with E-state index in [4.69, 9.17) is 21.4 Å². The van der Waals surface area contributed by atoms with Gasteiger partial charge in [0.2, 0.25) is 0 Å². The number of nitrogens with one attached hydrogen (secondary N) is 1. The zero-order valence-electron chi connectivity index (χ0n) is 9.89. The average molecular weight is 272 g/mol. The summed E-state index contributed by atoms with van der Waals surface area (Å²) in [4.78, 5) is 16.9. The van der Waals surface area contributed by atoms with Gasteiger partial charge in [0.15, 0.2) is 0 Å². The summed E-state index contributed by atoms with van der Waals surface area (Å²) in [6, 6.07) is 1.84. The van der Waals surface area contributed by atoms with E-state index in [1.54, 1.807) is 6.07 Å². The first-order valence-electron chi connectivity index (χ1n) is 5.58. The third kappa shape index (κ3) is 2.83. The fraction of sp³-hybridized carbons (Fsp3) is 0.455. The number of anilines is 2. The molecule has 0 aliphatic carbocycles. The number of halogens is 1. The number of aromatic nitrogens is 1. The predicted octanol–water partition coefficient (Wildman–Crippen LogP) is 2.05. The Morgan fingerprint density at radius 1 is 1.72 bits per heavy atom. The summed E-state index contributed by atoms with van der Waals surface area (Å²) in [6.45, 7) is 4.02. The zero-order chi connectivity index (χ0) is 13.1. The molecule has 1 fully saturated rings. The van der Waals surface area contributed by atoms with Crippen molar-refractivity contribution >= 4 is 29.2 Å². The van der Waals surface area contributed by atoms with Gasteiger partial charge >= 0.3 is 6.09 Å². The van der Waals surface area contributed by atoms with Crippen LogP contribution in [-0.2, 0) is 4.74 Å². The first-order valence-corrected chi connectivity index (χ1v) is 5.95. The van der Waals surface area contributed by atoms with Crippen molar-refractivity contribution in [3.63, 3.8) is 0 Å². The lowest BCUT2D eigenvalue weighted by atomic mass is 10.2. The summed E-state index contributed by atoms with van der Waals surface area (Å²) in [7, 11) is 0. The molecule has 0 spiro atoms. The molecule has 1 aliphatic rings. The molecule has 18 heavy (non-hydrogen) atoms. The van der Waals surface area contributed by atoms with E-state index in [1.165, 1.54) is 6.20 Å². The molecule has 1 aromatic heterocycles. The molecule has 0 saturated carbocycles. The number of morpholine rings is 1. The number of carboxylic acid groups (broad SMARTS) is 1. The van der Waals surface area contributed by atoms with Gasteiger partial charge in [-0.3, -0.25) is 5.32 Å². The second-order valence-corrected chi connectivity index (χ2v) is 4.48. The molecule has 0 bridgehead atoms. The number of hydrogen-bond donors (Lipinski definition) is 2. The van der Waals surface area contributed by atoms with Crippen molar-refractivity contribution in [2.75, 3.05) is 30.0 Å². The van der Waals surface area contributed by atoms with Crippen molar-refractivity contribution in [2.45, 2.75) is 13.0 Å². The van der Waals surface area contributed by atoms with Gasteiger partial charge in [0.25, 0.3) is 0 Å². The lowest BCUT2D eigenvalue weighted by Gasteiger charge is -2.34. The number of carbonyl (C=O) groups is 1. The SMILES string of the molecule is CC1COCCN1c1cc(NC(=O)O)c(Cl)cn1. The molecule has 0 radical (unpaired) electrons. The van der Waals surface area contributed by atoms with E-state index in [0.717, 1.165) is 6.54 Å². The van der Waals surface area contributed by atoms with E-state index in [-0.39, 0.29) is 11.1 Å². The van der Waals surface area contributed by atoms with Crippen LogP contribution in [0, 0.1) is 0 Å². The van der Waals surface area contributed by atoms with Crippen molar-refractivity contribution in [3.8, 4) is 0 Å². The van der Waals surface area contributed by atoms with Crippen LogP contribution in [0.5, 0.6) is 0 Å². The minimum atomic E-state index is -1.15. The molecule has 0 aromatic carbocycles. The summed E-state index contributed by atoms with van der Waals surface area (Å²) in [5.74, 6) is 0.693. The first kappa shape index (κ1) is 12.9. The highest BCUT2D eigenvalue weighted by Crippen LogP contribution is 2.26. The number of hydrogen-bond acceptors (Lipinski definition) is 4. The van der Waals surface area contributed by atoms with Gasteiger partial charge in [-0.2, -0.15) is 0 Å². The molecule has 2 N–H and O–H groups in total. The van der Waals surface area contributed by atoms with Crippen LogP contribution in [0.4, 0.5) is 16.3 Å². The number of rotatable bonds is 2. The lowest BCUT2D eigenvalue weighted by molar-refractivity contribution is 0.0985. The quantitative estimate of drug-likeness (QED) is 0.861. The van der Waals surface area contributed by atoms with E-state index in [9.17, 15) is 4.79 Å². The lowest BCUT2D eigenvalue weighted by Crippen LogP contribution is -2.44. The van der Waals surface area contributed by atoms with Crippen LogP contribution in [0.15, 0.2) is 12.3 Å². The standard InChI is InChI=1S/C11H14ClN3O3/c1-7-6-18-3-2-15(7)10-4-9(14-11(16)17)8(12)5-13-10/h4-5,7H,2-3,6H2,1H3,(H,13,14)(H,16,17). The Balaban J connectivity index is 2.25. The van der Waals surface area contributed by atoms with Gasteiger partial charge in [-0.1, -0.05) is 11.6 Å². The molecule has 1 aliphatic heterocycles. The fourth-order valence-electron chi connectivity index (χ4n) is 1.86. The van der Waals surface area contributed by atoms with E-state index in [0.29, 0.717) is 24.7 Å². The van der Waals surface area contributed by atoms with Gasteiger partial charge in [0, 0.05) is 12.6 Å². The second kappa shape index (κ2) is 5.41. The van der Waals surface area contributed by atoms with Crippen molar-refractivity contribution in [3.05, 3.63) is 17.3 Å². The third-order valence-electron chi connectivity index (χ3n) is 2.74. The van der Waals surface area contributed by atoms with Crippen LogP contribution in [0.2, 0.25) is 5.02 Å². The van der Waals surface area contributed by atoms with Gasteiger partial charge < -0.3 is 14.7 Å². The Kier molecular flexibility index (Phi) is 3.88. The monoisotopic (exact) mass is 271 g/mol. The molecule has 1 aromatic rings. The summed E-state index contributed by atoms with van der Waals surface area (Å²) >= 11 is 5.88. The predicted molar refractivity (Wildman–Crippen MR) is 68.5 cm³/mol. The van der Waals surface area contributed by atoms with Crippen LogP contribution in [0.3, 0.4) is 0 Å². The molecule has 6 nitrogen and oxygen atoms in total. The van der Waals surface area contributed by atoms with Gasteiger partial charge in [-0.15, -0.1) is 0 Å². The highest BCUT2D eigenvalue weighted by molar-refractivity contribution is 6.33. The van der Waals surface area contributed by atoms with Crippen molar-refractivity contribution in [1.29, 1.82) is 0 Å². The minimum Gasteiger partial charge on any atom is -0.465 e. The summed E-state index contributed by atoms with van der Waals surface area (Å²) < 4.78 is 5.35. The molecule has 2 rings (SSSR count). The molecule has 7 heteroatoms. The molecular formula is C11H14ClN3O3. The topological polar surface area (TPSA) is 74.7 Å². The molecular weight excluding hydrogens is 258 g/mol. The number of nitrogens with zero attached hydrogens (tertiary/aromatic N) is 2. The van der Waals surface area contributed by atoms with Crippen LogP contribution in [-0.4, -0.2) is 42.0 Å². The Morgan fingerprint density at radius 2 is 2.50 bits per heavy atom. The summed E-state index contributed by atoms with van der Waals surface area (Å²) in [5.41, 5.74) is 0.341. The van der Waals surface area contributed by atoms with Crippen LogP contribution in [0.1, 0.15) is 6.92 Å². The van der Waals surface area contributed by atoms with Crippen molar-refractivity contribution in [1.82, 2.24) is 4.98 Å².